The molecule has 1 aromatic carbocycles. The lowest BCUT2D eigenvalue weighted by molar-refractivity contribution is -0.153. The van der Waals surface area contributed by atoms with Gasteiger partial charge in [-0.15, -0.1) is 4.91 Å². The number of anilines is 2. The fourth-order valence-electron chi connectivity index (χ4n) is 6.50. The minimum absolute atomic E-state index is 0.0563. The van der Waals surface area contributed by atoms with Gasteiger partial charge in [-0.2, -0.15) is 0 Å². The number of nitrogens with zero attached hydrogens (tertiary/aromatic N) is 4. The van der Waals surface area contributed by atoms with E-state index in [0.29, 0.717) is 11.3 Å². The van der Waals surface area contributed by atoms with E-state index in [-0.39, 0.29) is 29.7 Å². The first-order valence-corrected chi connectivity index (χ1v) is 13.9. The number of benzene rings is 1. The lowest BCUT2D eigenvalue weighted by atomic mass is 9.57. The number of phenolic OH excluding ortho intramolecular Hbond substituents is 1. The number of Topliss-reactive ketones (excluding diaryl/α,β-unsaturated/α-hetero) is 2. The predicted molar refractivity (Wildman–Crippen MR) is 159 cm³/mol. The van der Waals surface area contributed by atoms with Gasteiger partial charge in [-0.1, -0.05) is 0 Å². The number of nitrogens with one attached hydrogen (secondary N) is 1. The van der Waals surface area contributed by atoms with Crippen molar-refractivity contribution >= 4 is 40.5 Å². The van der Waals surface area contributed by atoms with Crippen molar-refractivity contribution in [1.29, 1.82) is 0 Å². The quantitative estimate of drug-likeness (QED) is 0.108. The molecule has 44 heavy (non-hydrogen) atoms. The number of phenols is 1. The molecular formula is C29H38N6O9. The first-order chi connectivity index (χ1) is 20.3. The molecule has 4 atom stereocenters. The van der Waals surface area contributed by atoms with Gasteiger partial charge < -0.3 is 36.4 Å². The monoisotopic (exact) mass is 614 g/mol. The minimum Gasteiger partial charge on any atom is -0.508 e. The van der Waals surface area contributed by atoms with Gasteiger partial charge in [0.05, 0.1) is 28.1 Å². The molecule has 3 aliphatic carbocycles. The fourth-order valence-corrected chi connectivity index (χ4v) is 6.50. The predicted octanol–water partition coefficient (Wildman–Crippen LogP) is 0.750. The number of nitrogens with two attached hydrogens (primary N) is 1. The molecule has 15 nitrogen and oxygen atoms in total. The maximum Gasteiger partial charge on any atom is 0.255 e. The van der Waals surface area contributed by atoms with Crippen molar-refractivity contribution in [1.82, 2.24) is 9.91 Å². The average molecular weight is 615 g/mol. The molecular weight excluding hydrogens is 576 g/mol. The Morgan fingerprint density at radius 2 is 1.75 bits per heavy atom. The van der Waals surface area contributed by atoms with Crippen LogP contribution in [0.2, 0.25) is 0 Å². The number of rotatable bonds is 7. The van der Waals surface area contributed by atoms with Crippen LogP contribution in [0.1, 0.15) is 38.3 Å². The molecule has 238 valence electrons. The SMILES string of the molecule is CN(C)c1cc(NC(=O)CN(N=O)C(C)(C)C)c(O)c2c1C[C@H]1C[C@H]3[C@H](N(C)C)C(=O)C(C(N)=O)=C(O)[C@@]3(O)C(=O)C1=C2O. The van der Waals surface area contributed by atoms with E-state index in [4.69, 9.17) is 5.73 Å². The number of amides is 2. The second-order valence-corrected chi connectivity index (χ2v) is 12.9. The smallest absolute Gasteiger partial charge is 0.255 e. The highest BCUT2D eigenvalue weighted by molar-refractivity contribution is 6.24. The van der Waals surface area contributed by atoms with Gasteiger partial charge in [0, 0.05) is 31.3 Å². The van der Waals surface area contributed by atoms with Crippen LogP contribution in [0, 0.1) is 16.7 Å². The molecule has 4 rings (SSSR count). The number of aromatic hydroxyl groups is 1. The number of fused-ring (bicyclic) bond motifs is 3. The summed E-state index contributed by atoms with van der Waals surface area (Å²) in [5.41, 5.74) is 1.22. The molecule has 1 fully saturated rings. The summed E-state index contributed by atoms with van der Waals surface area (Å²) in [5.74, 6) is -8.40. The average Bonchev–Trinajstić information content (AvgIpc) is 2.89. The highest BCUT2D eigenvalue weighted by atomic mass is 16.3. The summed E-state index contributed by atoms with van der Waals surface area (Å²) in [6, 6.07) is 0.293. The van der Waals surface area contributed by atoms with E-state index < -0.39 is 81.8 Å². The van der Waals surface area contributed by atoms with Crippen LogP contribution in [-0.2, 0) is 25.6 Å². The molecule has 15 heteroatoms. The zero-order valence-corrected chi connectivity index (χ0v) is 25.6. The number of aliphatic hydroxyl groups is 3. The number of carbonyl (C=O) groups is 4. The van der Waals surface area contributed by atoms with E-state index in [1.807, 2.05) is 0 Å². The van der Waals surface area contributed by atoms with Crippen LogP contribution < -0.4 is 16.0 Å². The van der Waals surface area contributed by atoms with E-state index in [1.54, 1.807) is 39.8 Å². The Bertz CT molecular complexity index is 1540. The first-order valence-electron chi connectivity index (χ1n) is 13.9. The molecule has 0 saturated heterocycles. The number of nitroso groups, excluding NO2 is 1. The Morgan fingerprint density at radius 3 is 2.25 bits per heavy atom. The summed E-state index contributed by atoms with van der Waals surface area (Å²) in [6.45, 7) is 4.61. The summed E-state index contributed by atoms with van der Waals surface area (Å²) in [7, 11) is 6.45. The summed E-state index contributed by atoms with van der Waals surface area (Å²) in [6.07, 6.45) is 0.0237. The number of primary amides is 1. The highest BCUT2D eigenvalue weighted by Crippen LogP contribution is 2.54. The summed E-state index contributed by atoms with van der Waals surface area (Å²) >= 11 is 0. The Morgan fingerprint density at radius 1 is 1.14 bits per heavy atom. The lowest BCUT2D eigenvalue weighted by Crippen LogP contribution is -2.65. The van der Waals surface area contributed by atoms with Gasteiger partial charge in [-0.25, -0.2) is 5.01 Å². The fraction of sp³-hybridized carbons (Fsp3) is 0.517. The molecule has 0 spiro atoms. The lowest BCUT2D eigenvalue weighted by Gasteiger charge is -2.50. The number of ketones is 2. The Kier molecular flexibility index (Phi) is 8.02. The molecule has 0 unspecified atom stereocenters. The molecule has 0 radical (unpaired) electrons. The molecule has 7 N–H and O–H groups in total. The normalized spacial score (nSPS) is 24.9. The first kappa shape index (κ1) is 32.4. The van der Waals surface area contributed by atoms with Crippen LogP contribution in [0.5, 0.6) is 5.75 Å². The van der Waals surface area contributed by atoms with Crippen LogP contribution in [0.15, 0.2) is 28.3 Å². The molecule has 1 aromatic rings. The number of carbonyl (C=O) groups excluding carboxylic acids is 4. The molecule has 2 amide bonds. The number of aliphatic hydroxyl groups excluding tert-OH is 2. The third-order valence-corrected chi connectivity index (χ3v) is 8.62. The van der Waals surface area contributed by atoms with E-state index in [0.717, 1.165) is 5.01 Å². The van der Waals surface area contributed by atoms with Gasteiger partial charge in [-0.3, -0.25) is 24.1 Å². The third kappa shape index (κ3) is 4.85. The van der Waals surface area contributed by atoms with Gasteiger partial charge in [-0.05, 0) is 65.3 Å². The van der Waals surface area contributed by atoms with Crippen molar-refractivity contribution in [3.8, 4) is 5.75 Å². The molecule has 0 bridgehead atoms. The minimum atomic E-state index is -2.77. The summed E-state index contributed by atoms with van der Waals surface area (Å²) < 4.78 is 0. The van der Waals surface area contributed by atoms with E-state index in [2.05, 4.69) is 10.6 Å². The molecule has 1 saturated carbocycles. The molecule has 0 aromatic heterocycles. The van der Waals surface area contributed by atoms with Gasteiger partial charge in [0.25, 0.3) is 5.91 Å². The second kappa shape index (κ2) is 10.9. The Balaban J connectivity index is 1.89. The van der Waals surface area contributed by atoms with Gasteiger partial charge in [0.15, 0.2) is 11.4 Å². The number of likely N-dealkylation sites (N-methyl/N-ethyl adjacent to an activating group) is 1. The third-order valence-electron chi connectivity index (χ3n) is 8.62. The van der Waals surface area contributed by atoms with Crippen LogP contribution in [0.4, 0.5) is 11.4 Å². The Hall–Kier alpha value is -4.50. The van der Waals surface area contributed by atoms with Crippen molar-refractivity contribution in [2.45, 2.75) is 50.8 Å². The van der Waals surface area contributed by atoms with Crippen LogP contribution >= 0.6 is 0 Å². The van der Waals surface area contributed by atoms with Gasteiger partial charge in [0.2, 0.25) is 11.7 Å². The summed E-state index contributed by atoms with van der Waals surface area (Å²) in [4.78, 5) is 66.8. The Labute approximate surface area is 253 Å². The van der Waals surface area contributed by atoms with Gasteiger partial charge in [0.1, 0.15) is 29.4 Å². The van der Waals surface area contributed by atoms with Crippen LogP contribution in [-0.4, -0.2) is 106 Å². The van der Waals surface area contributed by atoms with Crippen LogP contribution in [0.25, 0.3) is 5.76 Å². The zero-order chi connectivity index (χ0) is 33.2. The van der Waals surface area contributed by atoms with Crippen LogP contribution in [0.3, 0.4) is 0 Å². The van der Waals surface area contributed by atoms with Crippen molar-refractivity contribution in [3.05, 3.63) is 39.0 Å². The topological polar surface area (TPSA) is 226 Å². The van der Waals surface area contributed by atoms with Gasteiger partial charge >= 0.3 is 0 Å². The standard InChI is InChI=1S/C29H38N6O9/c1-28(2,3)35(32-44)11-17(36)31-15-10-16(33(4)5)13-8-12-9-14-21(34(6)7)24(39)20(27(30)42)26(41)29(14,43)25(40)18(12)23(38)19(13)22(15)37/h10,12,14,21,37-38,41,43H,8-9,11H2,1-7H3,(H2,30,42)(H,31,36)/t12-,14-,21-,29-/m0/s1. The highest BCUT2D eigenvalue weighted by Gasteiger charge is 2.64. The van der Waals surface area contributed by atoms with E-state index in [1.165, 1.54) is 25.1 Å². The van der Waals surface area contributed by atoms with E-state index in [9.17, 15) is 44.5 Å². The number of hydrogen-bond donors (Lipinski definition) is 6. The van der Waals surface area contributed by atoms with Crippen molar-refractivity contribution in [3.63, 3.8) is 0 Å². The summed E-state index contributed by atoms with van der Waals surface area (Å²) in [5, 5.41) is 52.1. The molecule has 3 aliphatic rings. The molecule has 0 heterocycles. The van der Waals surface area contributed by atoms with Crippen molar-refractivity contribution < 1.29 is 39.6 Å². The van der Waals surface area contributed by atoms with E-state index >= 15 is 0 Å². The second-order valence-electron chi connectivity index (χ2n) is 12.9. The maximum atomic E-state index is 14.1. The van der Waals surface area contributed by atoms with Crippen molar-refractivity contribution in [2.24, 2.45) is 22.9 Å². The zero-order valence-electron chi connectivity index (χ0n) is 25.6. The largest absolute Gasteiger partial charge is 0.508 e. The molecule has 0 aliphatic heterocycles. The van der Waals surface area contributed by atoms with Crippen molar-refractivity contribution in [2.75, 3.05) is 45.0 Å². The maximum absolute atomic E-state index is 14.1. The number of hydrogen-bond acceptors (Lipinski definition) is 12.